The summed E-state index contributed by atoms with van der Waals surface area (Å²) in [4.78, 5) is 29.0. The highest BCUT2D eigenvalue weighted by atomic mass is 32.2. The average molecular weight is 315 g/mol. The van der Waals surface area contributed by atoms with Gasteiger partial charge in [0.05, 0.1) is 18.7 Å². The number of thioether (sulfide) groups is 1. The van der Waals surface area contributed by atoms with Crippen molar-refractivity contribution in [3.63, 3.8) is 0 Å². The lowest BCUT2D eigenvalue weighted by Gasteiger charge is -2.33. The fourth-order valence-electron chi connectivity index (χ4n) is 2.04. The summed E-state index contributed by atoms with van der Waals surface area (Å²) in [6, 6.07) is -0.0740. The van der Waals surface area contributed by atoms with Crippen LogP contribution >= 0.6 is 23.1 Å². The monoisotopic (exact) mass is 315 g/mol. The molecule has 1 fully saturated rings. The van der Waals surface area contributed by atoms with Crippen molar-refractivity contribution < 1.29 is 14.7 Å². The zero-order chi connectivity index (χ0) is 14.5. The number of amides is 1. The minimum atomic E-state index is -0.821. The third-order valence-electron chi connectivity index (χ3n) is 2.97. The Bertz CT molecular complexity index is 492. The number of carboxylic acid groups (broad SMARTS) is 1. The summed E-state index contributed by atoms with van der Waals surface area (Å²) in [5.41, 5.74) is 0.878. The average Bonchev–Trinajstić information content (AvgIpc) is 2.76. The SMILES string of the molecule is Cc1csc(NC(=O)CN2CCSCC2CC(=O)O)n1. The number of carboxylic acids is 1. The largest absolute Gasteiger partial charge is 0.481 e. The highest BCUT2D eigenvalue weighted by molar-refractivity contribution is 7.99. The lowest BCUT2D eigenvalue weighted by atomic mass is 10.2. The van der Waals surface area contributed by atoms with Crippen LogP contribution in [-0.2, 0) is 9.59 Å². The second-order valence-corrected chi connectivity index (χ2v) is 6.65. The molecule has 0 radical (unpaired) electrons. The summed E-state index contributed by atoms with van der Waals surface area (Å²) in [5, 5.41) is 14.1. The van der Waals surface area contributed by atoms with Crippen LogP contribution in [0, 0.1) is 6.92 Å². The molecule has 0 saturated carbocycles. The highest BCUT2D eigenvalue weighted by Gasteiger charge is 2.26. The third kappa shape index (κ3) is 4.46. The molecular formula is C12H17N3O3S2. The summed E-state index contributed by atoms with van der Waals surface area (Å²) >= 11 is 3.13. The molecule has 8 heteroatoms. The Morgan fingerprint density at radius 3 is 3.05 bits per heavy atom. The molecule has 0 aromatic carbocycles. The number of hydrogen-bond donors (Lipinski definition) is 2. The molecule has 110 valence electrons. The minimum Gasteiger partial charge on any atom is -0.481 e. The molecule has 1 unspecified atom stereocenters. The number of rotatable bonds is 5. The molecule has 0 spiro atoms. The van der Waals surface area contributed by atoms with Crippen LogP contribution in [0.15, 0.2) is 5.38 Å². The fourth-order valence-corrected chi connectivity index (χ4v) is 3.88. The number of aliphatic carboxylic acids is 1. The van der Waals surface area contributed by atoms with Crippen LogP contribution in [-0.4, -0.2) is 57.5 Å². The van der Waals surface area contributed by atoms with Crippen molar-refractivity contribution in [2.75, 3.05) is 29.9 Å². The van der Waals surface area contributed by atoms with E-state index in [0.717, 1.165) is 23.7 Å². The predicted molar refractivity (Wildman–Crippen MR) is 80.4 cm³/mol. The topological polar surface area (TPSA) is 82.5 Å². The smallest absolute Gasteiger partial charge is 0.304 e. The van der Waals surface area contributed by atoms with Gasteiger partial charge < -0.3 is 10.4 Å². The third-order valence-corrected chi connectivity index (χ3v) is 4.94. The lowest BCUT2D eigenvalue weighted by molar-refractivity contribution is -0.138. The van der Waals surface area contributed by atoms with E-state index >= 15 is 0 Å². The number of carbonyl (C=O) groups is 2. The van der Waals surface area contributed by atoms with Gasteiger partial charge in [0.1, 0.15) is 0 Å². The van der Waals surface area contributed by atoms with Crippen molar-refractivity contribution >= 4 is 40.1 Å². The van der Waals surface area contributed by atoms with Crippen molar-refractivity contribution in [2.24, 2.45) is 0 Å². The molecule has 0 aliphatic carbocycles. The Balaban J connectivity index is 1.89. The fraction of sp³-hybridized carbons (Fsp3) is 0.583. The maximum atomic E-state index is 12.0. The number of carbonyl (C=O) groups excluding carboxylic acids is 1. The Morgan fingerprint density at radius 2 is 2.40 bits per heavy atom. The summed E-state index contributed by atoms with van der Waals surface area (Å²) < 4.78 is 0. The molecule has 1 atom stereocenters. The molecule has 0 bridgehead atoms. The van der Waals surface area contributed by atoms with E-state index < -0.39 is 5.97 Å². The van der Waals surface area contributed by atoms with Crippen LogP contribution in [0.3, 0.4) is 0 Å². The van der Waals surface area contributed by atoms with E-state index in [1.807, 2.05) is 17.2 Å². The van der Waals surface area contributed by atoms with Gasteiger partial charge >= 0.3 is 5.97 Å². The molecule has 2 rings (SSSR count). The van der Waals surface area contributed by atoms with Crippen molar-refractivity contribution in [3.05, 3.63) is 11.1 Å². The quantitative estimate of drug-likeness (QED) is 0.852. The second-order valence-electron chi connectivity index (χ2n) is 4.64. The van der Waals surface area contributed by atoms with Gasteiger partial charge in [0, 0.05) is 29.5 Å². The van der Waals surface area contributed by atoms with Crippen LogP contribution < -0.4 is 5.32 Å². The molecule has 20 heavy (non-hydrogen) atoms. The zero-order valence-electron chi connectivity index (χ0n) is 11.2. The molecule has 1 aliphatic rings. The molecule has 1 saturated heterocycles. The van der Waals surface area contributed by atoms with Gasteiger partial charge in [0.2, 0.25) is 5.91 Å². The normalized spacial score (nSPS) is 19.8. The number of nitrogens with one attached hydrogen (secondary N) is 1. The van der Waals surface area contributed by atoms with Gasteiger partial charge in [-0.1, -0.05) is 0 Å². The predicted octanol–water partition coefficient (Wildman–Crippen LogP) is 1.28. The Morgan fingerprint density at radius 1 is 1.60 bits per heavy atom. The molecular weight excluding hydrogens is 298 g/mol. The summed E-state index contributed by atoms with van der Waals surface area (Å²) in [6.45, 7) is 2.83. The van der Waals surface area contributed by atoms with E-state index in [0.29, 0.717) is 5.13 Å². The van der Waals surface area contributed by atoms with Gasteiger partial charge in [0.15, 0.2) is 5.13 Å². The zero-order valence-corrected chi connectivity index (χ0v) is 12.8. The van der Waals surface area contributed by atoms with Crippen LogP contribution in [0.1, 0.15) is 12.1 Å². The first-order valence-corrected chi connectivity index (χ1v) is 8.33. The van der Waals surface area contributed by atoms with Gasteiger partial charge in [-0.25, -0.2) is 4.98 Å². The number of hydrogen-bond acceptors (Lipinski definition) is 6. The summed E-state index contributed by atoms with van der Waals surface area (Å²) in [7, 11) is 0. The maximum Gasteiger partial charge on any atom is 0.304 e. The van der Waals surface area contributed by atoms with Crippen molar-refractivity contribution in [3.8, 4) is 0 Å². The van der Waals surface area contributed by atoms with Gasteiger partial charge in [0.25, 0.3) is 0 Å². The Hall–Kier alpha value is -1.12. The van der Waals surface area contributed by atoms with Crippen LogP contribution in [0.4, 0.5) is 5.13 Å². The van der Waals surface area contributed by atoms with E-state index in [1.165, 1.54) is 11.3 Å². The lowest BCUT2D eigenvalue weighted by Crippen LogP contribution is -2.47. The summed E-state index contributed by atoms with van der Waals surface area (Å²) in [5.74, 6) is 0.732. The summed E-state index contributed by atoms with van der Waals surface area (Å²) in [6.07, 6.45) is 0.0800. The van der Waals surface area contributed by atoms with Gasteiger partial charge in [-0.3, -0.25) is 14.5 Å². The van der Waals surface area contributed by atoms with Crippen molar-refractivity contribution in [2.45, 2.75) is 19.4 Å². The molecule has 2 N–H and O–H groups in total. The minimum absolute atomic E-state index is 0.0740. The maximum absolute atomic E-state index is 12.0. The molecule has 6 nitrogen and oxygen atoms in total. The Labute approximate surface area is 125 Å². The van der Waals surface area contributed by atoms with E-state index in [4.69, 9.17) is 5.11 Å². The van der Waals surface area contributed by atoms with Crippen LogP contribution in [0.2, 0.25) is 0 Å². The van der Waals surface area contributed by atoms with Gasteiger partial charge in [-0.2, -0.15) is 11.8 Å². The second kappa shape index (κ2) is 7.05. The first-order valence-electron chi connectivity index (χ1n) is 6.30. The Kier molecular flexibility index (Phi) is 5.38. The van der Waals surface area contributed by atoms with Crippen molar-refractivity contribution in [1.29, 1.82) is 0 Å². The van der Waals surface area contributed by atoms with E-state index in [1.54, 1.807) is 11.8 Å². The van der Waals surface area contributed by atoms with Crippen LogP contribution in [0.25, 0.3) is 0 Å². The standard InChI is InChI=1S/C12H17N3O3S2/c1-8-6-20-12(13-8)14-10(16)5-15-2-3-19-7-9(15)4-11(17)18/h6,9H,2-5,7H2,1H3,(H,17,18)(H,13,14,16). The molecule has 1 aromatic heterocycles. The molecule has 1 aliphatic heterocycles. The van der Waals surface area contributed by atoms with Gasteiger partial charge in [-0.15, -0.1) is 11.3 Å². The van der Waals surface area contributed by atoms with Gasteiger partial charge in [-0.05, 0) is 6.92 Å². The van der Waals surface area contributed by atoms with Crippen molar-refractivity contribution in [1.82, 2.24) is 9.88 Å². The van der Waals surface area contributed by atoms with Crippen LogP contribution in [0.5, 0.6) is 0 Å². The number of aromatic nitrogens is 1. The van der Waals surface area contributed by atoms with E-state index in [-0.39, 0.29) is 24.9 Å². The highest BCUT2D eigenvalue weighted by Crippen LogP contribution is 2.19. The number of aryl methyl sites for hydroxylation is 1. The number of anilines is 1. The molecule has 1 aromatic rings. The first-order chi connectivity index (χ1) is 9.54. The number of nitrogens with zero attached hydrogens (tertiary/aromatic N) is 2. The van der Waals surface area contributed by atoms with E-state index in [2.05, 4.69) is 10.3 Å². The molecule has 1 amide bonds. The van der Waals surface area contributed by atoms with E-state index in [9.17, 15) is 9.59 Å². The first kappa shape index (κ1) is 15.3. The molecule has 2 heterocycles. The number of thiazole rings is 1.